The fourth-order valence-electron chi connectivity index (χ4n) is 1.68. The van der Waals surface area contributed by atoms with Gasteiger partial charge in [-0.25, -0.2) is 4.98 Å². The van der Waals surface area contributed by atoms with Crippen LogP contribution in [0.1, 0.15) is 6.42 Å². The lowest BCUT2D eigenvalue weighted by Gasteiger charge is -2.24. The van der Waals surface area contributed by atoms with Crippen molar-refractivity contribution in [1.82, 2.24) is 9.55 Å². The van der Waals surface area contributed by atoms with Crippen LogP contribution in [-0.2, 0) is 16.6 Å². The number of ether oxygens (including phenoxy) is 1. The predicted octanol–water partition coefficient (Wildman–Crippen LogP) is 0.881. The standard InChI is InChI=1S/C10H15N3O2S/c1-13-5-4-11-9(13)12-8(14)10(15-2)3-6-16-7-10/h4-5H,3,6-7H2,1-2H3,(H,11,12,14). The van der Waals surface area contributed by atoms with Crippen molar-refractivity contribution in [2.24, 2.45) is 7.05 Å². The minimum Gasteiger partial charge on any atom is -0.367 e. The molecule has 1 amide bonds. The normalized spacial score (nSPS) is 24.6. The summed E-state index contributed by atoms with van der Waals surface area (Å²) in [6.45, 7) is 0. The number of amides is 1. The SMILES string of the molecule is COC1(C(=O)Nc2nccn2C)CCSC1. The second kappa shape index (κ2) is 4.47. The Hall–Kier alpha value is -1.01. The number of anilines is 1. The zero-order chi connectivity index (χ0) is 11.6. The van der Waals surface area contributed by atoms with E-state index in [0.717, 1.165) is 12.2 Å². The number of carbonyl (C=O) groups excluding carboxylic acids is 1. The Kier molecular flexibility index (Phi) is 3.20. The van der Waals surface area contributed by atoms with Crippen LogP contribution in [-0.4, -0.2) is 39.7 Å². The molecule has 88 valence electrons. The third-order valence-electron chi connectivity index (χ3n) is 2.84. The highest BCUT2D eigenvalue weighted by molar-refractivity contribution is 7.99. The van der Waals surface area contributed by atoms with E-state index in [4.69, 9.17) is 4.74 Å². The number of aromatic nitrogens is 2. The van der Waals surface area contributed by atoms with E-state index < -0.39 is 5.60 Å². The van der Waals surface area contributed by atoms with E-state index in [1.807, 2.05) is 7.05 Å². The first kappa shape index (κ1) is 11.5. The van der Waals surface area contributed by atoms with Gasteiger partial charge in [0.25, 0.3) is 5.91 Å². The zero-order valence-corrected chi connectivity index (χ0v) is 10.2. The smallest absolute Gasteiger partial charge is 0.259 e. The molecule has 1 aliphatic heterocycles. The zero-order valence-electron chi connectivity index (χ0n) is 9.40. The van der Waals surface area contributed by atoms with E-state index in [1.54, 1.807) is 35.8 Å². The summed E-state index contributed by atoms with van der Waals surface area (Å²) in [5.74, 6) is 2.12. The Morgan fingerprint density at radius 3 is 3.06 bits per heavy atom. The largest absolute Gasteiger partial charge is 0.367 e. The summed E-state index contributed by atoms with van der Waals surface area (Å²) in [5.41, 5.74) is -0.684. The summed E-state index contributed by atoms with van der Waals surface area (Å²) in [7, 11) is 3.43. The molecule has 5 nitrogen and oxygen atoms in total. The van der Waals surface area contributed by atoms with Gasteiger partial charge in [0.05, 0.1) is 0 Å². The van der Waals surface area contributed by atoms with E-state index >= 15 is 0 Å². The summed E-state index contributed by atoms with van der Waals surface area (Å²) in [5, 5.41) is 2.80. The maximum Gasteiger partial charge on any atom is 0.259 e. The summed E-state index contributed by atoms with van der Waals surface area (Å²) >= 11 is 1.74. The number of imidazole rings is 1. The lowest BCUT2D eigenvalue weighted by Crippen LogP contribution is -2.45. The minimum atomic E-state index is -0.684. The fraction of sp³-hybridized carbons (Fsp3) is 0.600. The number of nitrogens with zero attached hydrogens (tertiary/aromatic N) is 2. The molecule has 0 radical (unpaired) electrons. The van der Waals surface area contributed by atoms with E-state index in [0.29, 0.717) is 11.7 Å². The topological polar surface area (TPSA) is 56.1 Å². The quantitative estimate of drug-likeness (QED) is 0.853. The number of thioether (sulfide) groups is 1. The highest BCUT2D eigenvalue weighted by Crippen LogP contribution is 2.31. The average molecular weight is 241 g/mol. The molecule has 2 rings (SSSR count). The molecule has 0 aromatic carbocycles. The van der Waals surface area contributed by atoms with Gasteiger partial charge in [-0.2, -0.15) is 11.8 Å². The highest BCUT2D eigenvalue weighted by Gasteiger charge is 2.42. The average Bonchev–Trinajstić information content (AvgIpc) is 2.89. The molecule has 0 bridgehead atoms. The van der Waals surface area contributed by atoms with Crippen molar-refractivity contribution in [3.63, 3.8) is 0 Å². The van der Waals surface area contributed by atoms with Crippen LogP contribution in [0.25, 0.3) is 0 Å². The fourth-order valence-corrected chi connectivity index (χ4v) is 3.02. The summed E-state index contributed by atoms with van der Waals surface area (Å²) in [6.07, 6.45) is 4.20. The lowest BCUT2D eigenvalue weighted by atomic mass is 10.0. The van der Waals surface area contributed by atoms with Crippen LogP contribution in [0.15, 0.2) is 12.4 Å². The number of rotatable bonds is 3. The number of aryl methyl sites for hydroxylation is 1. The molecule has 0 aliphatic carbocycles. The molecule has 1 fully saturated rings. The third-order valence-corrected chi connectivity index (χ3v) is 4.00. The Balaban J connectivity index is 2.10. The van der Waals surface area contributed by atoms with Crippen LogP contribution in [0.2, 0.25) is 0 Å². The Bertz CT molecular complexity index is 385. The van der Waals surface area contributed by atoms with Crippen molar-refractivity contribution < 1.29 is 9.53 Å². The Labute approximate surface area is 98.6 Å². The van der Waals surface area contributed by atoms with E-state index in [9.17, 15) is 4.79 Å². The number of methoxy groups -OCH3 is 1. The molecule has 1 aromatic rings. The van der Waals surface area contributed by atoms with Gasteiger partial charge in [-0.05, 0) is 12.2 Å². The first-order valence-corrected chi connectivity index (χ1v) is 6.25. The van der Waals surface area contributed by atoms with Gasteiger partial charge in [-0.3, -0.25) is 10.1 Å². The van der Waals surface area contributed by atoms with Gasteiger partial charge in [0.15, 0.2) is 5.60 Å². The molecule has 0 saturated carbocycles. The summed E-state index contributed by atoms with van der Waals surface area (Å²) in [4.78, 5) is 16.2. The van der Waals surface area contributed by atoms with E-state index in [1.165, 1.54) is 0 Å². The van der Waals surface area contributed by atoms with Crippen molar-refractivity contribution in [3.8, 4) is 0 Å². The maximum absolute atomic E-state index is 12.1. The van der Waals surface area contributed by atoms with Crippen LogP contribution in [0.3, 0.4) is 0 Å². The van der Waals surface area contributed by atoms with Gasteiger partial charge < -0.3 is 9.30 Å². The first-order chi connectivity index (χ1) is 7.68. The minimum absolute atomic E-state index is 0.102. The molecule has 2 heterocycles. The van der Waals surface area contributed by atoms with Gasteiger partial charge in [0.2, 0.25) is 5.95 Å². The number of carbonyl (C=O) groups is 1. The summed E-state index contributed by atoms with van der Waals surface area (Å²) < 4.78 is 7.15. The van der Waals surface area contributed by atoms with Crippen molar-refractivity contribution in [1.29, 1.82) is 0 Å². The maximum atomic E-state index is 12.1. The monoisotopic (exact) mass is 241 g/mol. The Morgan fingerprint density at radius 2 is 2.56 bits per heavy atom. The van der Waals surface area contributed by atoms with Crippen LogP contribution in [0, 0.1) is 0 Å². The molecule has 1 aromatic heterocycles. The van der Waals surface area contributed by atoms with E-state index in [-0.39, 0.29) is 5.91 Å². The molecule has 1 unspecified atom stereocenters. The molecular formula is C10H15N3O2S. The summed E-state index contributed by atoms with van der Waals surface area (Å²) in [6, 6.07) is 0. The predicted molar refractivity (Wildman–Crippen MR) is 63.5 cm³/mol. The molecule has 1 saturated heterocycles. The lowest BCUT2D eigenvalue weighted by molar-refractivity contribution is -0.134. The molecule has 1 atom stereocenters. The van der Waals surface area contributed by atoms with Crippen LogP contribution >= 0.6 is 11.8 Å². The molecule has 0 spiro atoms. The number of hydrogen-bond donors (Lipinski definition) is 1. The second-order valence-electron chi connectivity index (χ2n) is 3.82. The second-order valence-corrected chi connectivity index (χ2v) is 4.92. The van der Waals surface area contributed by atoms with Crippen molar-refractivity contribution >= 4 is 23.6 Å². The molecule has 6 heteroatoms. The first-order valence-electron chi connectivity index (χ1n) is 5.10. The van der Waals surface area contributed by atoms with Crippen LogP contribution in [0.4, 0.5) is 5.95 Å². The van der Waals surface area contributed by atoms with Gasteiger partial charge >= 0.3 is 0 Å². The van der Waals surface area contributed by atoms with Gasteiger partial charge in [0, 0.05) is 32.3 Å². The van der Waals surface area contributed by atoms with Crippen LogP contribution in [0.5, 0.6) is 0 Å². The van der Waals surface area contributed by atoms with Crippen molar-refractivity contribution in [2.45, 2.75) is 12.0 Å². The van der Waals surface area contributed by atoms with Gasteiger partial charge in [-0.15, -0.1) is 0 Å². The van der Waals surface area contributed by atoms with E-state index in [2.05, 4.69) is 10.3 Å². The molecule has 1 aliphatic rings. The third kappa shape index (κ3) is 1.94. The number of nitrogens with one attached hydrogen (secondary N) is 1. The molecule has 1 N–H and O–H groups in total. The van der Waals surface area contributed by atoms with Crippen molar-refractivity contribution in [2.75, 3.05) is 23.9 Å². The molecular weight excluding hydrogens is 226 g/mol. The number of hydrogen-bond acceptors (Lipinski definition) is 4. The van der Waals surface area contributed by atoms with Gasteiger partial charge in [-0.1, -0.05) is 0 Å². The van der Waals surface area contributed by atoms with Gasteiger partial charge in [0.1, 0.15) is 0 Å². The Morgan fingerprint density at radius 1 is 1.75 bits per heavy atom. The van der Waals surface area contributed by atoms with Crippen molar-refractivity contribution in [3.05, 3.63) is 12.4 Å². The highest BCUT2D eigenvalue weighted by atomic mass is 32.2. The molecule has 16 heavy (non-hydrogen) atoms. The van der Waals surface area contributed by atoms with Crippen LogP contribution < -0.4 is 5.32 Å².